The van der Waals surface area contributed by atoms with Gasteiger partial charge in [-0.15, -0.1) is 0 Å². The minimum Gasteiger partial charge on any atom is -0.309 e. The normalized spacial score (nSPS) is 12.2. The van der Waals surface area contributed by atoms with Crippen molar-refractivity contribution in [2.75, 3.05) is 23.5 Å². The lowest BCUT2D eigenvalue weighted by atomic mass is 10.1. The van der Waals surface area contributed by atoms with Crippen molar-refractivity contribution in [2.45, 2.75) is 27.2 Å². The lowest BCUT2D eigenvalue weighted by Crippen LogP contribution is -2.37. The zero-order chi connectivity index (χ0) is 17.7. The van der Waals surface area contributed by atoms with Crippen LogP contribution in [0, 0.1) is 18.7 Å². The number of hydrogen-bond donors (Lipinski definition) is 0. The molecule has 24 heavy (non-hydrogen) atoms. The molecule has 1 unspecified atom stereocenters. The van der Waals surface area contributed by atoms with Crippen molar-refractivity contribution in [3.05, 3.63) is 36.2 Å². The first-order valence-corrected chi connectivity index (χ1v) is 9.34. The number of hydrogen-bond acceptors (Lipinski definition) is 4. The fourth-order valence-electron chi connectivity index (χ4n) is 2.53. The predicted molar refractivity (Wildman–Crippen MR) is 96.2 cm³/mol. The van der Waals surface area contributed by atoms with Crippen molar-refractivity contribution in [3.63, 3.8) is 0 Å². The Morgan fingerprint density at radius 2 is 2.21 bits per heavy atom. The number of nitrogens with zero attached hydrogens (tertiary/aromatic N) is 4. The second-order valence-electron chi connectivity index (χ2n) is 5.75. The Labute approximate surface area is 146 Å². The van der Waals surface area contributed by atoms with E-state index in [2.05, 4.69) is 10.1 Å². The summed E-state index contributed by atoms with van der Waals surface area (Å²) in [7, 11) is 0. The van der Waals surface area contributed by atoms with E-state index in [0.29, 0.717) is 12.2 Å². The van der Waals surface area contributed by atoms with Crippen molar-refractivity contribution in [1.82, 2.24) is 14.8 Å². The van der Waals surface area contributed by atoms with Gasteiger partial charge in [0.05, 0.1) is 35.7 Å². The Morgan fingerprint density at radius 1 is 1.46 bits per heavy atom. The molecule has 2 aromatic rings. The van der Waals surface area contributed by atoms with Gasteiger partial charge in [0.25, 0.3) is 0 Å². The number of amides is 1. The Morgan fingerprint density at radius 3 is 2.83 bits per heavy atom. The molecule has 0 fully saturated rings. The van der Waals surface area contributed by atoms with Crippen LogP contribution >= 0.6 is 11.8 Å². The molecule has 2 rings (SSSR count). The van der Waals surface area contributed by atoms with E-state index in [1.807, 2.05) is 27.0 Å². The van der Waals surface area contributed by atoms with Crippen LogP contribution < -0.4 is 4.90 Å². The van der Waals surface area contributed by atoms with Crippen LogP contribution in [0.5, 0.6) is 0 Å². The summed E-state index contributed by atoms with van der Waals surface area (Å²) in [4.78, 5) is 18.4. The first kappa shape index (κ1) is 18.4. The summed E-state index contributed by atoms with van der Waals surface area (Å²) < 4.78 is 15.0. The minimum absolute atomic E-state index is 0.0647. The summed E-state index contributed by atoms with van der Waals surface area (Å²) in [5, 5.41) is 4.42. The van der Waals surface area contributed by atoms with Gasteiger partial charge in [-0.1, -0.05) is 13.8 Å². The van der Waals surface area contributed by atoms with E-state index < -0.39 is 5.82 Å². The molecule has 0 radical (unpaired) electrons. The van der Waals surface area contributed by atoms with Crippen LogP contribution in [-0.4, -0.2) is 39.2 Å². The first-order valence-electron chi connectivity index (χ1n) is 7.95. The van der Waals surface area contributed by atoms with Crippen LogP contribution in [0.2, 0.25) is 0 Å². The molecule has 7 heteroatoms. The van der Waals surface area contributed by atoms with E-state index in [1.165, 1.54) is 6.07 Å². The Balaban J connectivity index is 2.36. The Bertz CT molecular complexity index is 704. The molecule has 1 atom stereocenters. The molecule has 0 N–H and O–H groups in total. The molecule has 0 aliphatic carbocycles. The molecule has 1 amide bonds. The van der Waals surface area contributed by atoms with Gasteiger partial charge >= 0.3 is 0 Å². The average Bonchev–Trinajstić information content (AvgIpc) is 2.94. The predicted octanol–water partition coefficient (Wildman–Crippen LogP) is 3.46. The number of thioether (sulfide) groups is 1. The van der Waals surface area contributed by atoms with E-state index in [1.54, 1.807) is 33.7 Å². The maximum atomic E-state index is 13.4. The van der Waals surface area contributed by atoms with Crippen molar-refractivity contribution in [1.29, 1.82) is 0 Å². The minimum atomic E-state index is -0.419. The molecule has 0 saturated heterocycles. The average molecular weight is 350 g/mol. The van der Waals surface area contributed by atoms with E-state index in [4.69, 9.17) is 0 Å². The van der Waals surface area contributed by atoms with Gasteiger partial charge in [0.15, 0.2) is 0 Å². The fraction of sp³-hybridized carbons (Fsp3) is 0.471. The lowest BCUT2D eigenvalue weighted by molar-refractivity contribution is -0.121. The summed E-state index contributed by atoms with van der Waals surface area (Å²) in [6.45, 7) is 6.47. The molecule has 2 heterocycles. The molecule has 0 bridgehead atoms. The Hall–Kier alpha value is -1.89. The van der Waals surface area contributed by atoms with Gasteiger partial charge in [0.2, 0.25) is 5.91 Å². The summed E-state index contributed by atoms with van der Waals surface area (Å²) in [5.41, 5.74) is 2.03. The van der Waals surface area contributed by atoms with Crippen LogP contribution in [-0.2, 0) is 4.79 Å². The second-order valence-corrected chi connectivity index (χ2v) is 6.66. The van der Waals surface area contributed by atoms with E-state index in [0.717, 1.165) is 29.8 Å². The smallest absolute Gasteiger partial charge is 0.230 e. The van der Waals surface area contributed by atoms with Crippen LogP contribution in [0.1, 0.15) is 26.0 Å². The van der Waals surface area contributed by atoms with Gasteiger partial charge in [0, 0.05) is 24.3 Å². The van der Waals surface area contributed by atoms with Crippen molar-refractivity contribution >= 4 is 23.4 Å². The van der Waals surface area contributed by atoms with Gasteiger partial charge in [0.1, 0.15) is 5.82 Å². The van der Waals surface area contributed by atoms with Crippen molar-refractivity contribution in [3.8, 4) is 5.69 Å². The maximum absolute atomic E-state index is 13.4. The highest BCUT2D eigenvalue weighted by atomic mass is 32.2. The second kappa shape index (κ2) is 8.28. The van der Waals surface area contributed by atoms with Gasteiger partial charge < -0.3 is 4.90 Å². The Kier molecular flexibility index (Phi) is 6.36. The molecule has 5 nitrogen and oxygen atoms in total. The van der Waals surface area contributed by atoms with E-state index >= 15 is 0 Å². The zero-order valence-corrected chi connectivity index (χ0v) is 15.3. The first-order chi connectivity index (χ1) is 11.5. The lowest BCUT2D eigenvalue weighted by Gasteiger charge is -2.24. The quantitative estimate of drug-likeness (QED) is 0.767. The van der Waals surface area contributed by atoms with Crippen LogP contribution in [0.15, 0.2) is 24.7 Å². The third-order valence-electron chi connectivity index (χ3n) is 3.67. The molecule has 2 aromatic heterocycles. The number of rotatable bonds is 7. The standard InChI is InChI=1S/C17H23FN4OS/c1-5-6-21(17(23)12(2)11-24-4)16-10-22(20-13(16)3)15-7-14(18)8-19-9-15/h7-10,12H,5-6,11H2,1-4H3. The highest BCUT2D eigenvalue weighted by Gasteiger charge is 2.24. The van der Waals surface area contributed by atoms with Crippen LogP contribution in [0.4, 0.5) is 10.1 Å². The van der Waals surface area contributed by atoms with E-state index in [-0.39, 0.29) is 11.8 Å². The summed E-state index contributed by atoms with van der Waals surface area (Å²) in [5.74, 6) is 0.383. The summed E-state index contributed by atoms with van der Waals surface area (Å²) in [6.07, 6.45) is 7.31. The van der Waals surface area contributed by atoms with Crippen molar-refractivity contribution < 1.29 is 9.18 Å². The zero-order valence-electron chi connectivity index (χ0n) is 14.5. The number of pyridine rings is 1. The van der Waals surface area contributed by atoms with Crippen LogP contribution in [0.3, 0.4) is 0 Å². The fourth-order valence-corrected chi connectivity index (χ4v) is 3.18. The van der Waals surface area contributed by atoms with Gasteiger partial charge in [-0.2, -0.15) is 16.9 Å². The summed E-state index contributed by atoms with van der Waals surface area (Å²) in [6, 6.07) is 1.37. The molecule has 0 aromatic carbocycles. The number of aromatic nitrogens is 3. The molecular formula is C17H23FN4OS. The molecule has 130 valence electrons. The maximum Gasteiger partial charge on any atom is 0.230 e. The van der Waals surface area contributed by atoms with E-state index in [9.17, 15) is 9.18 Å². The topological polar surface area (TPSA) is 51.0 Å². The van der Waals surface area contributed by atoms with Crippen molar-refractivity contribution in [2.24, 2.45) is 5.92 Å². The SMILES string of the molecule is CCCN(C(=O)C(C)CSC)c1cn(-c2cncc(F)c2)nc1C. The van der Waals surface area contributed by atoms with Gasteiger partial charge in [-0.05, 0) is 19.6 Å². The molecule has 0 saturated carbocycles. The van der Waals surface area contributed by atoms with Gasteiger partial charge in [-0.3, -0.25) is 9.78 Å². The largest absolute Gasteiger partial charge is 0.309 e. The molecule has 0 aliphatic heterocycles. The van der Waals surface area contributed by atoms with Crippen LogP contribution in [0.25, 0.3) is 5.69 Å². The number of aryl methyl sites for hydroxylation is 1. The summed E-state index contributed by atoms with van der Waals surface area (Å²) >= 11 is 1.66. The number of halogens is 1. The number of carbonyl (C=O) groups is 1. The number of anilines is 1. The van der Waals surface area contributed by atoms with Gasteiger partial charge in [-0.25, -0.2) is 9.07 Å². The highest BCUT2D eigenvalue weighted by Crippen LogP contribution is 2.24. The molecular weight excluding hydrogens is 327 g/mol. The molecule has 0 aliphatic rings. The molecule has 0 spiro atoms. The highest BCUT2D eigenvalue weighted by molar-refractivity contribution is 7.98. The number of carbonyl (C=O) groups excluding carboxylic acids is 1. The third-order valence-corrected chi connectivity index (χ3v) is 4.50. The third kappa shape index (κ3) is 4.14. The monoisotopic (exact) mass is 350 g/mol.